The van der Waals surface area contributed by atoms with Gasteiger partial charge in [-0.05, 0) is 43.2 Å². The van der Waals surface area contributed by atoms with Crippen molar-refractivity contribution >= 4 is 50.8 Å². The van der Waals surface area contributed by atoms with Gasteiger partial charge in [0.2, 0.25) is 10.0 Å². The minimum absolute atomic E-state index is 0.00982. The van der Waals surface area contributed by atoms with Gasteiger partial charge in [0, 0.05) is 29.4 Å². The fourth-order valence-electron chi connectivity index (χ4n) is 2.67. The van der Waals surface area contributed by atoms with Crippen molar-refractivity contribution < 1.29 is 32.6 Å². The molecule has 1 amide bonds. The van der Waals surface area contributed by atoms with E-state index in [1.165, 1.54) is 11.0 Å². The van der Waals surface area contributed by atoms with E-state index in [0.29, 0.717) is 15.5 Å². The van der Waals surface area contributed by atoms with Crippen LogP contribution in [-0.2, 0) is 42.2 Å². The van der Waals surface area contributed by atoms with Crippen LogP contribution in [0.5, 0.6) is 0 Å². The Labute approximate surface area is 195 Å². The lowest BCUT2D eigenvalue weighted by molar-refractivity contribution is -0.160. The molecule has 0 saturated carbocycles. The van der Waals surface area contributed by atoms with Gasteiger partial charge in [0.1, 0.15) is 4.21 Å². The minimum Gasteiger partial charge on any atom is -0.481 e. The number of amides is 1. The number of hydrogen-bond acceptors (Lipinski definition) is 7. The second-order valence-electron chi connectivity index (χ2n) is 6.63. The first kappa shape index (κ1) is 25.8. The number of rotatable bonds is 11. The third-order valence-electron chi connectivity index (χ3n) is 4.11. The first-order valence-electron chi connectivity index (χ1n) is 9.63. The van der Waals surface area contributed by atoms with Crippen LogP contribution in [0.1, 0.15) is 30.2 Å². The molecule has 32 heavy (non-hydrogen) atoms. The molecule has 0 bridgehead atoms. The molecule has 0 radical (unpaired) electrons. The van der Waals surface area contributed by atoms with E-state index < -0.39 is 27.9 Å². The van der Waals surface area contributed by atoms with E-state index in [1.807, 2.05) is 0 Å². The molecule has 0 saturated heterocycles. The SMILES string of the molecule is CCOC(=O)C(=O)N(Cc1cccc(Cl)c1)Cc1ccc(S(=O)(=O)NCCCC(=O)O)s1. The van der Waals surface area contributed by atoms with E-state index in [4.69, 9.17) is 21.4 Å². The van der Waals surface area contributed by atoms with E-state index >= 15 is 0 Å². The van der Waals surface area contributed by atoms with Gasteiger partial charge in [0.15, 0.2) is 0 Å². The topological polar surface area (TPSA) is 130 Å². The number of aliphatic carboxylic acids is 1. The summed E-state index contributed by atoms with van der Waals surface area (Å²) < 4.78 is 32.0. The standard InChI is InChI=1S/C20H23ClN2O7S2/c1-2-30-20(27)19(26)23(12-14-5-3-6-15(21)11-14)13-16-8-9-18(31-16)32(28,29)22-10-4-7-17(24)25/h3,5-6,8-9,11,22H,2,4,7,10,12-13H2,1H3,(H,24,25). The zero-order chi connectivity index (χ0) is 23.7. The molecule has 2 aromatic rings. The molecule has 1 aromatic heterocycles. The monoisotopic (exact) mass is 502 g/mol. The van der Waals surface area contributed by atoms with E-state index in [2.05, 4.69) is 4.72 Å². The summed E-state index contributed by atoms with van der Waals surface area (Å²) in [5, 5.41) is 9.11. The highest BCUT2D eigenvalue weighted by molar-refractivity contribution is 7.91. The van der Waals surface area contributed by atoms with Gasteiger partial charge in [0.25, 0.3) is 0 Å². The molecule has 0 atom stereocenters. The highest BCUT2D eigenvalue weighted by Gasteiger charge is 2.25. The zero-order valence-electron chi connectivity index (χ0n) is 17.2. The number of halogens is 1. The lowest BCUT2D eigenvalue weighted by atomic mass is 10.2. The van der Waals surface area contributed by atoms with Crippen LogP contribution in [0.4, 0.5) is 0 Å². The zero-order valence-corrected chi connectivity index (χ0v) is 19.6. The predicted octanol–water partition coefficient (Wildman–Crippen LogP) is 2.64. The van der Waals surface area contributed by atoms with Gasteiger partial charge < -0.3 is 14.7 Å². The fraction of sp³-hybridized carbons (Fsp3) is 0.350. The number of carbonyl (C=O) groups excluding carboxylic acids is 2. The first-order valence-corrected chi connectivity index (χ1v) is 12.3. The Morgan fingerprint density at radius 3 is 2.59 bits per heavy atom. The maximum Gasteiger partial charge on any atom is 0.397 e. The van der Waals surface area contributed by atoms with Crippen LogP contribution in [0.3, 0.4) is 0 Å². The van der Waals surface area contributed by atoms with Crippen LogP contribution in [0.15, 0.2) is 40.6 Å². The minimum atomic E-state index is -3.82. The van der Waals surface area contributed by atoms with Crippen LogP contribution in [-0.4, -0.2) is 49.4 Å². The molecule has 2 N–H and O–H groups in total. The van der Waals surface area contributed by atoms with Gasteiger partial charge in [-0.15, -0.1) is 11.3 Å². The number of sulfonamides is 1. The molecule has 0 fully saturated rings. The molecular weight excluding hydrogens is 480 g/mol. The second-order valence-corrected chi connectivity index (χ2v) is 10.2. The summed E-state index contributed by atoms with van der Waals surface area (Å²) in [5.74, 6) is -2.86. The van der Waals surface area contributed by atoms with Crippen molar-refractivity contribution in [2.24, 2.45) is 0 Å². The number of carbonyl (C=O) groups is 3. The molecule has 0 aliphatic rings. The number of nitrogens with one attached hydrogen (secondary N) is 1. The third kappa shape index (κ3) is 7.90. The Morgan fingerprint density at radius 1 is 1.19 bits per heavy atom. The van der Waals surface area contributed by atoms with Crippen LogP contribution in [0.25, 0.3) is 0 Å². The van der Waals surface area contributed by atoms with Gasteiger partial charge in [-0.25, -0.2) is 17.9 Å². The van der Waals surface area contributed by atoms with Gasteiger partial charge in [-0.3, -0.25) is 9.59 Å². The quantitative estimate of drug-likeness (QED) is 0.274. The number of carboxylic acid groups (broad SMARTS) is 1. The average Bonchev–Trinajstić information content (AvgIpc) is 3.20. The van der Waals surface area contributed by atoms with Crippen molar-refractivity contribution in [2.75, 3.05) is 13.2 Å². The van der Waals surface area contributed by atoms with Crippen molar-refractivity contribution in [3.05, 3.63) is 51.9 Å². The number of benzene rings is 1. The highest BCUT2D eigenvalue weighted by atomic mass is 35.5. The predicted molar refractivity (Wildman–Crippen MR) is 119 cm³/mol. The van der Waals surface area contributed by atoms with Crippen LogP contribution < -0.4 is 4.72 Å². The Morgan fingerprint density at radius 2 is 1.94 bits per heavy atom. The summed E-state index contributed by atoms with van der Waals surface area (Å²) >= 11 is 6.95. The second kappa shape index (κ2) is 12.0. The van der Waals surface area contributed by atoms with Crippen LogP contribution in [0, 0.1) is 0 Å². The van der Waals surface area contributed by atoms with Crippen LogP contribution >= 0.6 is 22.9 Å². The van der Waals surface area contributed by atoms with Crippen molar-refractivity contribution in [3.8, 4) is 0 Å². The summed E-state index contributed by atoms with van der Waals surface area (Å²) in [5.41, 5.74) is 0.694. The molecular formula is C20H23ClN2O7S2. The smallest absolute Gasteiger partial charge is 0.397 e. The summed E-state index contributed by atoms with van der Waals surface area (Å²) in [6.07, 6.45) is 0.0148. The Bertz CT molecular complexity index is 1070. The lowest BCUT2D eigenvalue weighted by Crippen LogP contribution is -2.36. The van der Waals surface area contributed by atoms with Gasteiger partial charge >= 0.3 is 17.8 Å². The Hall–Kier alpha value is -2.47. The average molecular weight is 503 g/mol. The molecule has 12 heteroatoms. The van der Waals surface area contributed by atoms with Crippen molar-refractivity contribution in [1.29, 1.82) is 0 Å². The van der Waals surface area contributed by atoms with E-state index in [-0.39, 0.29) is 43.3 Å². The summed E-state index contributed by atoms with van der Waals surface area (Å²) in [6, 6.07) is 9.77. The Balaban J connectivity index is 2.15. The van der Waals surface area contributed by atoms with Crippen LogP contribution in [0.2, 0.25) is 5.02 Å². The molecule has 0 spiro atoms. The summed E-state index contributed by atoms with van der Waals surface area (Å²) in [4.78, 5) is 37.0. The highest BCUT2D eigenvalue weighted by Crippen LogP contribution is 2.24. The Kier molecular flexibility index (Phi) is 9.63. The normalized spacial score (nSPS) is 11.2. The lowest BCUT2D eigenvalue weighted by Gasteiger charge is -2.21. The van der Waals surface area contributed by atoms with Crippen molar-refractivity contribution in [3.63, 3.8) is 0 Å². The number of ether oxygens (including phenoxy) is 1. The largest absolute Gasteiger partial charge is 0.481 e. The summed E-state index contributed by atoms with van der Waals surface area (Å²) in [7, 11) is -3.82. The number of hydrogen-bond donors (Lipinski definition) is 2. The number of carboxylic acids is 1. The first-order chi connectivity index (χ1) is 15.1. The fourth-order valence-corrected chi connectivity index (χ4v) is 5.37. The van der Waals surface area contributed by atoms with Crippen molar-refractivity contribution in [1.82, 2.24) is 9.62 Å². The maximum absolute atomic E-state index is 12.6. The molecule has 174 valence electrons. The molecule has 0 unspecified atom stereocenters. The van der Waals surface area contributed by atoms with Gasteiger partial charge in [-0.1, -0.05) is 23.7 Å². The summed E-state index contributed by atoms with van der Waals surface area (Å²) in [6.45, 7) is 1.69. The van der Waals surface area contributed by atoms with Gasteiger partial charge in [-0.2, -0.15) is 0 Å². The molecule has 0 aliphatic carbocycles. The molecule has 1 aromatic carbocycles. The van der Waals surface area contributed by atoms with E-state index in [0.717, 1.165) is 11.3 Å². The number of thiophene rings is 1. The van der Waals surface area contributed by atoms with E-state index in [1.54, 1.807) is 37.3 Å². The third-order valence-corrected chi connectivity index (χ3v) is 7.37. The maximum atomic E-state index is 12.6. The van der Waals surface area contributed by atoms with E-state index in [9.17, 15) is 22.8 Å². The van der Waals surface area contributed by atoms with Gasteiger partial charge in [0.05, 0.1) is 13.2 Å². The molecule has 2 rings (SSSR count). The number of nitrogens with zero attached hydrogens (tertiary/aromatic N) is 1. The molecule has 9 nitrogen and oxygen atoms in total. The molecule has 1 heterocycles. The molecule has 0 aliphatic heterocycles. The number of esters is 1. The van der Waals surface area contributed by atoms with Crippen molar-refractivity contribution in [2.45, 2.75) is 37.1 Å².